The quantitative estimate of drug-likeness (QED) is 0.406. The average molecular weight is 346 g/mol. The van der Waals surface area contributed by atoms with E-state index in [2.05, 4.69) is 31.0 Å². The standard InChI is InChI=1S/C14H14N6O3S/c1-24-13(10-11(21)17-14(23)18-12(10)22)16-8-4-2-7(3-5-8)9-6-15-20-19-9/h2-6,14,17,21,23H,1H3,(H,18,22)(H,15,19,20)/b16-13-. The Morgan fingerprint density at radius 3 is 2.62 bits per heavy atom. The van der Waals surface area contributed by atoms with Crippen LogP contribution in [0.5, 0.6) is 0 Å². The first-order valence-electron chi connectivity index (χ1n) is 6.86. The van der Waals surface area contributed by atoms with Crippen LogP contribution < -0.4 is 10.6 Å². The SMILES string of the molecule is CS/C(=N\c1ccc(-c2cnn[nH]2)cc1)C1=C(O)NC(O)NC1=O. The number of nitrogens with one attached hydrogen (secondary N) is 3. The molecule has 124 valence electrons. The number of hydrogen-bond acceptors (Lipinski definition) is 8. The Morgan fingerprint density at radius 2 is 2.04 bits per heavy atom. The van der Waals surface area contributed by atoms with E-state index in [4.69, 9.17) is 0 Å². The highest BCUT2D eigenvalue weighted by Gasteiger charge is 2.28. The first-order valence-corrected chi connectivity index (χ1v) is 8.09. The Balaban J connectivity index is 1.91. The second-order valence-electron chi connectivity index (χ2n) is 4.78. The molecule has 0 bridgehead atoms. The van der Waals surface area contributed by atoms with Gasteiger partial charge in [-0.15, -0.1) is 16.9 Å². The maximum atomic E-state index is 12.0. The summed E-state index contributed by atoms with van der Waals surface area (Å²) in [5.74, 6) is -1.02. The lowest BCUT2D eigenvalue weighted by Crippen LogP contribution is -2.51. The lowest BCUT2D eigenvalue weighted by molar-refractivity contribution is -0.121. The molecule has 2 heterocycles. The predicted molar refractivity (Wildman–Crippen MR) is 89.4 cm³/mol. The van der Waals surface area contributed by atoms with Crippen LogP contribution in [-0.4, -0.2) is 49.2 Å². The van der Waals surface area contributed by atoms with Crippen molar-refractivity contribution in [3.8, 4) is 11.3 Å². The van der Waals surface area contributed by atoms with E-state index < -0.39 is 18.1 Å². The van der Waals surface area contributed by atoms with Crippen LogP contribution in [0.25, 0.3) is 11.3 Å². The molecule has 1 atom stereocenters. The van der Waals surface area contributed by atoms with E-state index in [1.54, 1.807) is 24.6 Å². The molecule has 0 saturated heterocycles. The molecule has 24 heavy (non-hydrogen) atoms. The number of carbonyl (C=O) groups excluding carboxylic acids is 1. The van der Waals surface area contributed by atoms with Gasteiger partial charge in [0.25, 0.3) is 5.91 Å². The van der Waals surface area contributed by atoms with Crippen LogP contribution in [0.4, 0.5) is 5.69 Å². The number of H-pyrrole nitrogens is 1. The van der Waals surface area contributed by atoms with Gasteiger partial charge in [-0.2, -0.15) is 0 Å². The van der Waals surface area contributed by atoms with Crippen LogP contribution in [0, 0.1) is 0 Å². The van der Waals surface area contributed by atoms with Crippen molar-refractivity contribution in [1.82, 2.24) is 26.0 Å². The molecule has 1 aliphatic heterocycles. The first-order chi connectivity index (χ1) is 11.6. The second-order valence-corrected chi connectivity index (χ2v) is 5.58. The number of amides is 1. The third-order valence-electron chi connectivity index (χ3n) is 3.24. The topological polar surface area (TPSA) is 136 Å². The molecular weight excluding hydrogens is 332 g/mol. The second kappa shape index (κ2) is 6.72. The van der Waals surface area contributed by atoms with Crippen molar-refractivity contribution in [3.05, 3.63) is 41.9 Å². The summed E-state index contributed by atoms with van der Waals surface area (Å²) in [4.78, 5) is 16.4. The number of thioether (sulfide) groups is 1. The highest BCUT2D eigenvalue weighted by Crippen LogP contribution is 2.24. The molecule has 0 spiro atoms. The number of aliphatic hydroxyl groups excluding tert-OH is 2. The van der Waals surface area contributed by atoms with Crippen molar-refractivity contribution in [2.45, 2.75) is 6.35 Å². The van der Waals surface area contributed by atoms with E-state index in [-0.39, 0.29) is 5.57 Å². The number of aliphatic hydroxyl groups is 2. The van der Waals surface area contributed by atoms with E-state index >= 15 is 0 Å². The van der Waals surface area contributed by atoms with Gasteiger partial charge in [-0.1, -0.05) is 17.3 Å². The number of hydrogen-bond donors (Lipinski definition) is 5. The lowest BCUT2D eigenvalue weighted by atomic mass is 10.1. The number of benzene rings is 1. The summed E-state index contributed by atoms with van der Waals surface area (Å²) in [6.07, 6.45) is 2.02. The fourth-order valence-electron chi connectivity index (χ4n) is 2.11. The summed E-state index contributed by atoms with van der Waals surface area (Å²) >= 11 is 1.21. The van der Waals surface area contributed by atoms with Crippen LogP contribution >= 0.6 is 11.8 Å². The highest BCUT2D eigenvalue weighted by molar-refractivity contribution is 8.14. The van der Waals surface area contributed by atoms with Gasteiger partial charge in [0.2, 0.25) is 12.2 Å². The number of aromatic nitrogens is 3. The molecule has 1 unspecified atom stereocenters. The van der Waals surface area contributed by atoms with Crippen LogP contribution in [0.15, 0.2) is 46.9 Å². The van der Waals surface area contributed by atoms with Crippen molar-refractivity contribution >= 4 is 28.4 Å². The van der Waals surface area contributed by atoms with Gasteiger partial charge in [0, 0.05) is 5.56 Å². The molecule has 0 fully saturated rings. The van der Waals surface area contributed by atoms with Gasteiger partial charge in [0.15, 0.2) is 0 Å². The Labute approximate surface area is 140 Å². The maximum absolute atomic E-state index is 12.0. The van der Waals surface area contributed by atoms with Crippen molar-refractivity contribution in [2.75, 3.05) is 6.26 Å². The molecule has 3 rings (SSSR count). The minimum Gasteiger partial charge on any atom is -0.494 e. The maximum Gasteiger partial charge on any atom is 0.262 e. The third-order valence-corrected chi connectivity index (χ3v) is 3.92. The van der Waals surface area contributed by atoms with Crippen molar-refractivity contribution in [3.63, 3.8) is 0 Å². The minimum atomic E-state index is -1.33. The summed E-state index contributed by atoms with van der Waals surface area (Å²) in [5, 5.41) is 34.3. The molecule has 5 N–H and O–H groups in total. The molecule has 0 radical (unpaired) electrons. The van der Waals surface area contributed by atoms with E-state index in [1.807, 2.05) is 12.1 Å². The molecular formula is C14H14N6O3S. The fourth-order valence-corrected chi connectivity index (χ4v) is 2.70. The molecule has 9 nitrogen and oxygen atoms in total. The zero-order valence-electron chi connectivity index (χ0n) is 12.5. The van der Waals surface area contributed by atoms with Crippen molar-refractivity contribution < 1.29 is 15.0 Å². The first kappa shape index (κ1) is 16.0. The highest BCUT2D eigenvalue weighted by atomic mass is 32.2. The molecule has 1 amide bonds. The molecule has 10 heteroatoms. The molecule has 1 aromatic carbocycles. The Hall–Kier alpha value is -2.85. The number of nitrogens with zero attached hydrogens (tertiary/aromatic N) is 3. The van der Waals surface area contributed by atoms with Gasteiger partial charge in [-0.3, -0.25) is 9.89 Å². The Bertz CT molecular complexity index is 800. The smallest absolute Gasteiger partial charge is 0.262 e. The van der Waals surface area contributed by atoms with Gasteiger partial charge < -0.3 is 20.8 Å². The molecule has 0 saturated carbocycles. The van der Waals surface area contributed by atoms with E-state index in [0.717, 1.165) is 11.3 Å². The van der Waals surface area contributed by atoms with Gasteiger partial charge >= 0.3 is 0 Å². The van der Waals surface area contributed by atoms with Crippen LogP contribution in [0.1, 0.15) is 0 Å². The fraction of sp³-hybridized carbons (Fsp3) is 0.143. The Morgan fingerprint density at radius 1 is 1.29 bits per heavy atom. The zero-order chi connectivity index (χ0) is 17.1. The summed E-state index contributed by atoms with van der Waals surface area (Å²) in [7, 11) is 0. The Kier molecular flexibility index (Phi) is 4.49. The van der Waals surface area contributed by atoms with Crippen LogP contribution in [0.3, 0.4) is 0 Å². The summed E-state index contributed by atoms with van der Waals surface area (Å²) in [6.45, 7) is 0. The van der Waals surface area contributed by atoms with Crippen LogP contribution in [0.2, 0.25) is 0 Å². The van der Waals surface area contributed by atoms with E-state index in [9.17, 15) is 15.0 Å². The van der Waals surface area contributed by atoms with E-state index in [1.165, 1.54) is 11.8 Å². The normalized spacial score (nSPS) is 18.3. The number of carbonyl (C=O) groups is 1. The lowest BCUT2D eigenvalue weighted by Gasteiger charge is -2.23. The molecule has 1 aromatic heterocycles. The van der Waals surface area contributed by atoms with Crippen LogP contribution in [-0.2, 0) is 4.79 Å². The van der Waals surface area contributed by atoms with Gasteiger partial charge in [0.05, 0.1) is 17.6 Å². The summed E-state index contributed by atoms with van der Waals surface area (Å²) < 4.78 is 0. The number of aliphatic imine (C=N–C) groups is 1. The largest absolute Gasteiger partial charge is 0.494 e. The molecule has 1 aliphatic rings. The van der Waals surface area contributed by atoms with Crippen molar-refractivity contribution in [2.24, 2.45) is 4.99 Å². The molecule has 0 aliphatic carbocycles. The predicted octanol–water partition coefficient (Wildman–Crippen LogP) is 0.630. The van der Waals surface area contributed by atoms with Gasteiger partial charge in [-0.25, -0.2) is 4.99 Å². The third kappa shape index (κ3) is 3.24. The summed E-state index contributed by atoms with van der Waals surface area (Å²) in [5.41, 5.74) is 2.26. The zero-order valence-corrected chi connectivity index (χ0v) is 13.3. The molecule has 2 aromatic rings. The summed E-state index contributed by atoms with van der Waals surface area (Å²) in [6, 6.07) is 7.21. The average Bonchev–Trinajstić information content (AvgIpc) is 3.08. The number of aromatic amines is 1. The minimum absolute atomic E-state index is 0.0188. The number of rotatable bonds is 3. The monoisotopic (exact) mass is 346 g/mol. The van der Waals surface area contributed by atoms with Crippen molar-refractivity contribution in [1.29, 1.82) is 0 Å². The van der Waals surface area contributed by atoms with Gasteiger partial charge in [-0.05, 0) is 18.4 Å². The van der Waals surface area contributed by atoms with Gasteiger partial charge in [0.1, 0.15) is 10.6 Å². The van der Waals surface area contributed by atoms with E-state index in [0.29, 0.717) is 10.7 Å².